The molecule has 0 spiro atoms. The summed E-state index contributed by atoms with van der Waals surface area (Å²) >= 11 is 0. The van der Waals surface area contributed by atoms with Gasteiger partial charge < -0.3 is 10.0 Å². The number of carboxylic acids is 1. The lowest BCUT2D eigenvalue weighted by molar-refractivity contribution is -0.141. The quantitative estimate of drug-likeness (QED) is 0.884. The topological polar surface area (TPSA) is 95.0 Å². The molecular weight excluding hydrogens is 320 g/mol. The molecule has 8 heteroatoms. The van der Waals surface area contributed by atoms with Crippen LogP contribution in [0.3, 0.4) is 0 Å². The van der Waals surface area contributed by atoms with E-state index in [0.29, 0.717) is 43.6 Å². The molecule has 1 amide bonds. The normalized spacial score (nSPS) is 23.2. The number of rotatable bonds is 3. The van der Waals surface area contributed by atoms with Crippen molar-refractivity contribution in [2.45, 2.75) is 25.3 Å². The Morgan fingerprint density at radius 3 is 2.61 bits per heavy atom. The Morgan fingerprint density at radius 1 is 1.17 bits per heavy atom. The van der Waals surface area contributed by atoms with E-state index in [1.165, 1.54) is 15.3 Å². The van der Waals surface area contributed by atoms with Crippen molar-refractivity contribution < 1.29 is 23.1 Å². The molecule has 2 heterocycles. The summed E-state index contributed by atoms with van der Waals surface area (Å²) in [7, 11) is -3.31. The fourth-order valence-electron chi connectivity index (χ4n) is 3.16. The average Bonchev–Trinajstić information content (AvgIpc) is 3.12. The molecule has 124 valence electrons. The number of anilines is 1. The minimum absolute atomic E-state index is 0.110. The van der Waals surface area contributed by atoms with E-state index >= 15 is 0 Å². The van der Waals surface area contributed by atoms with Gasteiger partial charge in [-0.1, -0.05) is 6.07 Å². The molecule has 0 aliphatic carbocycles. The van der Waals surface area contributed by atoms with E-state index in [9.17, 15) is 23.1 Å². The summed E-state index contributed by atoms with van der Waals surface area (Å²) < 4.78 is 25.3. The molecule has 7 nitrogen and oxygen atoms in total. The van der Waals surface area contributed by atoms with Crippen LogP contribution in [0.4, 0.5) is 5.69 Å². The fraction of sp³-hybridized carbons (Fsp3) is 0.467. The Balaban J connectivity index is 1.88. The Kier molecular flexibility index (Phi) is 4.01. The molecule has 1 aromatic carbocycles. The van der Waals surface area contributed by atoms with Crippen molar-refractivity contribution in [1.82, 2.24) is 4.90 Å². The van der Waals surface area contributed by atoms with Crippen molar-refractivity contribution in [3.8, 4) is 0 Å². The number of aliphatic carboxylic acids is 1. The van der Waals surface area contributed by atoms with E-state index in [4.69, 9.17) is 0 Å². The third kappa shape index (κ3) is 2.90. The Hall–Kier alpha value is -2.09. The predicted octanol–water partition coefficient (Wildman–Crippen LogP) is 0.916. The summed E-state index contributed by atoms with van der Waals surface area (Å²) in [4.78, 5) is 25.2. The molecule has 1 N–H and O–H groups in total. The second-order valence-electron chi connectivity index (χ2n) is 5.79. The maximum atomic E-state index is 12.6. The van der Waals surface area contributed by atoms with Crippen LogP contribution in [0.15, 0.2) is 24.3 Å². The van der Waals surface area contributed by atoms with Gasteiger partial charge in [-0.2, -0.15) is 0 Å². The van der Waals surface area contributed by atoms with E-state index < -0.39 is 22.0 Å². The van der Waals surface area contributed by atoms with Crippen LogP contribution >= 0.6 is 0 Å². The highest BCUT2D eigenvalue weighted by Gasteiger charge is 2.35. The molecule has 2 saturated heterocycles. The van der Waals surface area contributed by atoms with E-state index in [2.05, 4.69) is 0 Å². The number of nitrogens with zero attached hydrogens (tertiary/aromatic N) is 2. The highest BCUT2D eigenvalue weighted by atomic mass is 32.2. The minimum Gasteiger partial charge on any atom is -0.480 e. The number of sulfonamides is 1. The molecule has 2 aliphatic rings. The Morgan fingerprint density at radius 2 is 1.96 bits per heavy atom. The van der Waals surface area contributed by atoms with Crippen molar-refractivity contribution in [1.29, 1.82) is 0 Å². The first kappa shape index (κ1) is 15.8. The second kappa shape index (κ2) is 5.84. The van der Waals surface area contributed by atoms with Crippen LogP contribution in [0.25, 0.3) is 0 Å². The summed E-state index contributed by atoms with van der Waals surface area (Å²) in [5.41, 5.74) is 0.775. The maximum Gasteiger partial charge on any atom is 0.326 e. The average molecular weight is 338 g/mol. The SMILES string of the molecule is O=C(O)[C@@H]1CCCN1C(=O)c1cccc(N2CCCS2(=O)=O)c1. The van der Waals surface area contributed by atoms with Gasteiger partial charge in [-0.25, -0.2) is 13.2 Å². The summed E-state index contributed by atoms with van der Waals surface area (Å²) in [6.07, 6.45) is 1.66. The zero-order valence-corrected chi connectivity index (χ0v) is 13.3. The molecular formula is C15H18N2O5S. The van der Waals surface area contributed by atoms with Crippen LogP contribution in [0.1, 0.15) is 29.6 Å². The lowest BCUT2D eigenvalue weighted by Gasteiger charge is -2.22. The van der Waals surface area contributed by atoms with Crippen molar-refractivity contribution in [3.05, 3.63) is 29.8 Å². The fourth-order valence-corrected chi connectivity index (χ4v) is 4.71. The summed E-state index contributed by atoms with van der Waals surface area (Å²) in [6.45, 7) is 0.809. The monoisotopic (exact) mass is 338 g/mol. The molecule has 0 bridgehead atoms. The molecule has 1 atom stereocenters. The lowest BCUT2D eigenvalue weighted by atomic mass is 10.1. The van der Waals surface area contributed by atoms with Gasteiger partial charge >= 0.3 is 5.97 Å². The van der Waals surface area contributed by atoms with Crippen LogP contribution < -0.4 is 4.31 Å². The molecule has 2 fully saturated rings. The zero-order valence-electron chi connectivity index (χ0n) is 12.5. The first-order valence-corrected chi connectivity index (χ1v) is 9.15. The van der Waals surface area contributed by atoms with E-state index in [1.54, 1.807) is 18.2 Å². The van der Waals surface area contributed by atoms with Gasteiger partial charge in [0.15, 0.2) is 0 Å². The first-order valence-electron chi connectivity index (χ1n) is 7.54. The summed E-state index contributed by atoms with van der Waals surface area (Å²) in [5, 5.41) is 9.19. The van der Waals surface area contributed by atoms with E-state index in [-0.39, 0.29) is 11.7 Å². The van der Waals surface area contributed by atoms with Crippen molar-refractivity contribution in [2.24, 2.45) is 0 Å². The van der Waals surface area contributed by atoms with Crippen molar-refractivity contribution in [3.63, 3.8) is 0 Å². The summed E-state index contributed by atoms with van der Waals surface area (Å²) in [5.74, 6) is -1.26. The molecule has 1 aromatic rings. The first-order chi connectivity index (χ1) is 10.9. The largest absolute Gasteiger partial charge is 0.480 e. The number of hydrogen-bond donors (Lipinski definition) is 1. The second-order valence-corrected chi connectivity index (χ2v) is 7.80. The molecule has 3 rings (SSSR count). The predicted molar refractivity (Wildman–Crippen MR) is 83.9 cm³/mol. The molecule has 0 radical (unpaired) electrons. The lowest BCUT2D eigenvalue weighted by Crippen LogP contribution is -2.40. The highest BCUT2D eigenvalue weighted by molar-refractivity contribution is 7.93. The van der Waals surface area contributed by atoms with Gasteiger partial charge in [0.25, 0.3) is 5.91 Å². The highest BCUT2D eigenvalue weighted by Crippen LogP contribution is 2.26. The van der Waals surface area contributed by atoms with Crippen molar-refractivity contribution >= 4 is 27.6 Å². The van der Waals surface area contributed by atoms with Crippen LogP contribution in [0, 0.1) is 0 Å². The zero-order chi connectivity index (χ0) is 16.6. The van der Waals surface area contributed by atoms with Crippen LogP contribution in [-0.2, 0) is 14.8 Å². The van der Waals surface area contributed by atoms with E-state index in [1.807, 2.05) is 0 Å². The number of likely N-dealkylation sites (tertiary alicyclic amines) is 1. The Labute approximate surface area is 134 Å². The third-order valence-electron chi connectivity index (χ3n) is 4.28. The van der Waals surface area contributed by atoms with Gasteiger partial charge in [0, 0.05) is 18.7 Å². The maximum absolute atomic E-state index is 12.6. The summed E-state index contributed by atoms with van der Waals surface area (Å²) in [6, 6.07) is 5.59. The van der Waals surface area contributed by atoms with Gasteiger partial charge in [-0.15, -0.1) is 0 Å². The minimum atomic E-state index is -3.31. The number of carbonyl (C=O) groups is 2. The van der Waals surface area contributed by atoms with Gasteiger partial charge in [0.1, 0.15) is 6.04 Å². The number of carbonyl (C=O) groups excluding carboxylic acids is 1. The standard InChI is InChI=1S/C15H18N2O5S/c18-14(16-7-2-6-13(16)15(19)20)11-4-1-5-12(10-11)17-8-3-9-23(17,21)22/h1,4-5,10,13H,2-3,6-9H2,(H,19,20)/t13-/m0/s1. The third-order valence-corrected chi connectivity index (χ3v) is 6.15. The van der Waals surface area contributed by atoms with Crippen LogP contribution in [-0.4, -0.2) is 55.2 Å². The van der Waals surface area contributed by atoms with Gasteiger partial charge in [0.05, 0.1) is 11.4 Å². The van der Waals surface area contributed by atoms with Crippen molar-refractivity contribution in [2.75, 3.05) is 23.1 Å². The number of amides is 1. The Bertz CT molecular complexity index is 746. The number of hydrogen-bond acceptors (Lipinski definition) is 4. The molecule has 2 aliphatic heterocycles. The van der Waals surface area contributed by atoms with Crippen LogP contribution in [0.2, 0.25) is 0 Å². The number of benzene rings is 1. The van der Waals surface area contributed by atoms with Gasteiger partial charge in [-0.3, -0.25) is 9.10 Å². The molecule has 23 heavy (non-hydrogen) atoms. The van der Waals surface area contributed by atoms with Gasteiger partial charge in [0.2, 0.25) is 10.0 Å². The smallest absolute Gasteiger partial charge is 0.326 e. The van der Waals surface area contributed by atoms with Crippen LogP contribution in [0.5, 0.6) is 0 Å². The van der Waals surface area contributed by atoms with E-state index in [0.717, 1.165) is 0 Å². The number of carboxylic acid groups (broad SMARTS) is 1. The van der Waals surface area contributed by atoms with Gasteiger partial charge in [-0.05, 0) is 37.5 Å². The molecule has 0 aromatic heterocycles. The molecule has 0 unspecified atom stereocenters. The molecule has 0 saturated carbocycles.